The van der Waals surface area contributed by atoms with Crippen LogP contribution in [-0.4, -0.2) is 11.6 Å². The summed E-state index contributed by atoms with van der Waals surface area (Å²) in [5, 5.41) is 0. The van der Waals surface area contributed by atoms with Gasteiger partial charge in [-0.15, -0.1) is 0 Å². The third-order valence-corrected chi connectivity index (χ3v) is 2.57. The smallest absolute Gasteiger partial charge is 0.174 e. The van der Waals surface area contributed by atoms with Crippen LogP contribution in [0.3, 0.4) is 0 Å². The molecule has 0 N–H and O–H groups in total. The molecule has 0 aliphatic heterocycles. The van der Waals surface area contributed by atoms with Crippen LogP contribution in [0.1, 0.15) is 15.9 Å². The molecule has 0 heterocycles. The number of fused-ring (bicyclic) bond motifs is 1. The number of allylic oxidation sites excluding steroid dienone is 1. The van der Waals surface area contributed by atoms with Crippen molar-refractivity contribution >= 4 is 11.6 Å². The van der Waals surface area contributed by atoms with E-state index >= 15 is 0 Å². The van der Waals surface area contributed by atoms with Gasteiger partial charge in [-0.3, -0.25) is 9.59 Å². The van der Waals surface area contributed by atoms with Gasteiger partial charge in [0.25, 0.3) is 0 Å². The zero-order valence-corrected chi connectivity index (χ0v) is 7.69. The predicted molar refractivity (Wildman–Crippen MR) is 53.2 cm³/mol. The van der Waals surface area contributed by atoms with Gasteiger partial charge in [-0.1, -0.05) is 30.8 Å². The molecular formula is C12H10O2. The summed E-state index contributed by atoms with van der Waals surface area (Å²) in [5.41, 5.74) is 1.66. The molecule has 1 aromatic rings. The molecule has 1 aromatic carbocycles. The van der Waals surface area contributed by atoms with Crippen LogP contribution >= 0.6 is 0 Å². The number of hydrogen-bond donors (Lipinski definition) is 0. The van der Waals surface area contributed by atoms with E-state index in [9.17, 15) is 9.59 Å². The summed E-state index contributed by atoms with van der Waals surface area (Å²) in [6.45, 7) is 3.40. The number of ketones is 2. The Labute approximate surface area is 82.2 Å². The van der Waals surface area contributed by atoms with Crippen LogP contribution in [-0.2, 0) is 11.2 Å². The highest BCUT2D eigenvalue weighted by atomic mass is 16.1. The second-order valence-corrected chi connectivity index (χ2v) is 3.38. The first-order chi connectivity index (χ1) is 6.74. The molecule has 0 saturated heterocycles. The molecule has 1 aliphatic rings. The molecule has 0 radical (unpaired) electrons. The fourth-order valence-corrected chi connectivity index (χ4v) is 1.81. The lowest BCUT2D eigenvalue weighted by Gasteiger charge is -2.00. The Hall–Kier alpha value is -1.70. The number of hydrogen-bond acceptors (Lipinski definition) is 2. The molecule has 0 saturated carbocycles. The van der Waals surface area contributed by atoms with E-state index in [1.54, 1.807) is 6.07 Å². The Morgan fingerprint density at radius 2 is 2.14 bits per heavy atom. The molecule has 1 atom stereocenters. The van der Waals surface area contributed by atoms with Crippen molar-refractivity contribution < 1.29 is 9.59 Å². The molecule has 1 unspecified atom stereocenters. The molecular weight excluding hydrogens is 176 g/mol. The summed E-state index contributed by atoms with van der Waals surface area (Å²) in [4.78, 5) is 23.1. The van der Waals surface area contributed by atoms with Gasteiger partial charge in [0, 0.05) is 5.56 Å². The fraction of sp³-hybridized carbons (Fsp3) is 0.167. The molecule has 2 rings (SSSR count). The molecule has 0 bridgehead atoms. The van der Waals surface area contributed by atoms with E-state index in [0.29, 0.717) is 12.0 Å². The standard InChI is InChI=1S/C12H10O2/c1-2-11(13)10-7-8-5-3-4-6-9(8)12(10)14/h2-6,10H,1,7H2. The van der Waals surface area contributed by atoms with Crippen LogP contribution in [0.2, 0.25) is 0 Å². The average Bonchev–Trinajstić information content (AvgIpc) is 2.56. The Kier molecular flexibility index (Phi) is 2.04. The molecule has 2 nitrogen and oxygen atoms in total. The molecule has 0 amide bonds. The highest BCUT2D eigenvalue weighted by Crippen LogP contribution is 2.27. The first-order valence-corrected chi connectivity index (χ1v) is 4.52. The lowest BCUT2D eigenvalue weighted by molar-refractivity contribution is -0.116. The summed E-state index contributed by atoms with van der Waals surface area (Å²) >= 11 is 0. The second-order valence-electron chi connectivity index (χ2n) is 3.38. The SMILES string of the molecule is C=CC(=O)C1Cc2ccccc2C1=O. The van der Waals surface area contributed by atoms with Gasteiger partial charge in [-0.25, -0.2) is 0 Å². The number of benzene rings is 1. The Morgan fingerprint density at radius 3 is 2.79 bits per heavy atom. The maximum atomic E-state index is 11.7. The van der Waals surface area contributed by atoms with Crippen LogP contribution < -0.4 is 0 Å². The van der Waals surface area contributed by atoms with Crippen molar-refractivity contribution in [3.63, 3.8) is 0 Å². The van der Waals surface area contributed by atoms with Crippen molar-refractivity contribution in [2.45, 2.75) is 6.42 Å². The van der Waals surface area contributed by atoms with E-state index in [1.165, 1.54) is 6.08 Å². The maximum absolute atomic E-state index is 11.7. The first kappa shape index (κ1) is 8.88. The first-order valence-electron chi connectivity index (χ1n) is 4.52. The number of carbonyl (C=O) groups excluding carboxylic acids is 2. The monoisotopic (exact) mass is 186 g/mol. The number of carbonyl (C=O) groups is 2. The molecule has 2 heteroatoms. The highest BCUT2D eigenvalue weighted by Gasteiger charge is 2.33. The van der Waals surface area contributed by atoms with Gasteiger partial charge in [-0.2, -0.15) is 0 Å². The van der Waals surface area contributed by atoms with E-state index in [1.807, 2.05) is 18.2 Å². The van der Waals surface area contributed by atoms with Crippen LogP contribution in [0.5, 0.6) is 0 Å². The van der Waals surface area contributed by atoms with Crippen molar-refractivity contribution in [1.29, 1.82) is 0 Å². The quantitative estimate of drug-likeness (QED) is 0.521. The van der Waals surface area contributed by atoms with E-state index in [-0.39, 0.29) is 11.6 Å². The van der Waals surface area contributed by atoms with Crippen LogP contribution in [0.25, 0.3) is 0 Å². The third kappa shape index (κ3) is 1.20. The van der Waals surface area contributed by atoms with Crippen molar-refractivity contribution in [2.24, 2.45) is 5.92 Å². The van der Waals surface area contributed by atoms with Gasteiger partial charge in [0.2, 0.25) is 0 Å². The summed E-state index contributed by atoms with van der Waals surface area (Å²) in [6.07, 6.45) is 1.76. The van der Waals surface area contributed by atoms with Gasteiger partial charge in [-0.05, 0) is 18.1 Å². The predicted octanol–water partition coefficient (Wildman–Crippen LogP) is 1.80. The van der Waals surface area contributed by atoms with Gasteiger partial charge in [0.1, 0.15) is 0 Å². The second kappa shape index (κ2) is 3.22. The fourth-order valence-electron chi connectivity index (χ4n) is 1.81. The highest BCUT2D eigenvalue weighted by molar-refractivity contribution is 6.16. The zero-order chi connectivity index (χ0) is 10.1. The normalized spacial score (nSPS) is 19.1. The van der Waals surface area contributed by atoms with E-state index in [2.05, 4.69) is 6.58 Å². The summed E-state index contributed by atoms with van der Waals surface area (Å²) in [5.74, 6) is -0.762. The molecule has 14 heavy (non-hydrogen) atoms. The van der Waals surface area contributed by atoms with Crippen molar-refractivity contribution in [3.8, 4) is 0 Å². The third-order valence-electron chi connectivity index (χ3n) is 2.57. The molecule has 70 valence electrons. The minimum Gasteiger partial charge on any atom is -0.294 e. The number of rotatable bonds is 2. The van der Waals surface area contributed by atoms with Crippen LogP contribution in [0, 0.1) is 5.92 Å². The van der Waals surface area contributed by atoms with Gasteiger partial charge >= 0.3 is 0 Å². The lowest BCUT2D eigenvalue weighted by atomic mass is 10.00. The minimum atomic E-state index is -0.523. The molecule has 0 fully saturated rings. The largest absolute Gasteiger partial charge is 0.294 e. The Balaban J connectivity index is 2.39. The van der Waals surface area contributed by atoms with E-state index in [4.69, 9.17) is 0 Å². The summed E-state index contributed by atoms with van der Waals surface area (Å²) in [7, 11) is 0. The van der Waals surface area contributed by atoms with E-state index in [0.717, 1.165) is 5.56 Å². The minimum absolute atomic E-state index is 0.0644. The van der Waals surface area contributed by atoms with E-state index < -0.39 is 5.92 Å². The maximum Gasteiger partial charge on any atom is 0.174 e. The summed E-state index contributed by atoms with van der Waals surface area (Å²) < 4.78 is 0. The van der Waals surface area contributed by atoms with Crippen molar-refractivity contribution in [3.05, 3.63) is 48.0 Å². The number of Topliss-reactive ketones (excluding diaryl/α,β-unsaturated/α-hetero) is 1. The van der Waals surface area contributed by atoms with Crippen LogP contribution in [0.4, 0.5) is 0 Å². The van der Waals surface area contributed by atoms with Crippen LogP contribution in [0.15, 0.2) is 36.9 Å². The van der Waals surface area contributed by atoms with Crippen molar-refractivity contribution in [1.82, 2.24) is 0 Å². The van der Waals surface area contributed by atoms with Gasteiger partial charge in [0.05, 0.1) is 5.92 Å². The molecule has 0 aromatic heterocycles. The zero-order valence-electron chi connectivity index (χ0n) is 7.69. The molecule has 1 aliphatic carbocycles. The summed E-state index contributed by atoms with van der Waals surface area (Å²) in [6, 6.07) is 7.36. The Morgan fingerprint density at radius 1 is 1.43 bits per heavy atom. The lowest BCUT2D eigenvalue weighted by Crippen LogP contribution is -2.18. The topological polar surface area (TPSA) is 34.1 Å². The Bertz CT molecular complexity index is 418. The average molecular weight is 186 g/mol. The van der Waals surface area contributed by atoms with Gasteiger partial charge < -0.3 is 0 Å². The van der Waals surface area contributed by atoms with Crippen molar-refractivity contribution in [2.75, 3.05) is 0 Å². The van der Waals surface area contributed by atoms with Gasteiger partial charge in [0.15, 0.2) is 11.6 Å². The molecule has 0 spiro atoms.